The summed E-state index contributed by atoms with van der Waals surface area (Å²) in [4.78, 5) is 8.65. The highest BCUT2D eigenvalue weighted by Crippen LogP contribution is 2.39. The topological polar surface area (TPSA) is 92.0 Å². The van der Waals surface area contributed by atoms with E-state index in [1.54, 1.807) is 24.7 Å². The van der Waals surface area contributed by atoms with Crippen molar-refractivity contribution in [2.45, 2.75) is 13.1 Å². The number of rotatable bonds is 5. The Hall–Kier alpha value is -2.92. The number of nitrogens with two attached hydrogens (primary N) is 1. The normalized spacial score (nSPS) is 10.8. The summed E-state index contributed by atoms with van der Waals surface area (Å²) in [6.07, 6.45) is 5.20. The lowest BCUT2D eigenvalue weighted by Crippen LogP contribution is -2.13. The Morgan fingerprint density at radius 1 is 1.21 bits per heavy atom. The molecule has 0 aliphatic heterocycles. The molecular weight excluding hydrogens is 452 g/mol. The monoisotopic (exact) mass is 466 g/mol. The van der Waals surface area contributed by atoms with E-state index in [4.69, 9.17) is 17.3 Å². The predicted molar refractivity (Wildman–Crippen MR) is 118 cm³/mol. The first-order valence-corrected chi connectivity index (χ1v) is 10.0. The minimum absolute atomic E-state index is 0.212. The molecule has 0 bridgehead atoms. The molecule has 6 nitrogen and oxygen atoms in total. The van der Waals surface area contributed by atoms with Gasteiger partial charge in [0, 0.05) is 47.3 Å². The highest BCUT2D eigenvalue weighted by molar-refractivity contribution is 9.10. The largest absolute Gasteiger partial charge is 0.377 e. The van der Waals surface area contributed by atoms with Crippen molar-refractivity contribution < 1.29 is 0 Å². The summed E-state index contributed by atoms with van der Waals surface area (Å²) in [5.74, 6) is 0. The zero-order valence-electron chi connectivity index (χ0n) is 15.2. The van der Waals surface area contributed by atoms with E-state index in [1.807, 2.05) is 34.7 Å². The third-order valence-electron chi connectivity index (χ3n) is 4.64. The zero-order valence-corrected chi connectivity index (χ0v) is 17.6. The van der Waals surface area contributed by atoms with Crippen LogP contribution in [0.2, 0.25) is 5.02 Å². The van der Waals surface area contributed by atoms with Gasteiger partial charge in [-0.3, -0.25) is 9.38 Å². The van der Waals surface area contributed by atoms with Crippen molar-refractivity contribution in [3.8, 4) is 17.2 Å². The number of nitrogens with one attached hydrogen (secondary N) is 1. The number of halogens is 2. The Morgan fingerprint density at radius 2 is 2.03 bits per heavy atom. The van der Waals surface area contributed by atoms with Gasteiger partial charge in [0.15, 0.2) is 5.65 Å². The van der Waals surface area contributed by atoms with Crippen molar-refractivity contribution in [3.63, 3.8) is 0 Å². The van der Waals surface area contributed by atoms with Crippen LogP contribution < -0.4 is 11.1 Å². The molecule has 4 rings (SSSR count). The first-order chi connectivity index (χ1) is 14.2. The number of hydrogen-bond donors (Lipinski definition) is 2. The summed E-state index contributed by atoms with van der Waals surface area (Å²) >= 11 is 10.0. The summed E-state index contributed by atoms with van der Waals surface area (Å²) in [5, 5.41) is 14.0. The maximum atomic E-state index is 10.1. The van der Waals surface area contributed by atoms with Gasteiger partial charge in [-0.2, -0.15) is 5.26 Å². The highest BCUT2D eigenvalue weighted by atomic mass is 79.9. The molecule has 4 aromatic rings. The van der Waals surface area contributed by atoms with Crippen molar-refractivity contribution in [3.05, 3.63) is 81.4 Å². The van der Waals surface area contributed by atoms with Crippen LogP contribution in [0.1, 0.15) is 16.8 Å². The fraction of sp³-hybridized carbons (Fsp3) is 0.0952. The number of aromatic nitrogens is 3. The van der Waals surface area contributed by atoms with Crippen LogP contribution in [0.3, 0.4) is 0 Å². The van der Waals surface area contributed by atoms with Gasteiger partial charge >= 0.3 is 0 Å². The molecule has 0 fully saturated rings. The molecule has 0 radical (unpaired) electrons. The maximum Gasteiger partial charge on any atom is 0.162 e. The minimum Gasteiger partial charge on any atom is -0.377 e. The SMILES string of the molecule is N#Cc1c(-c2ccccc2Cl)c(CN)n2c(Br)cnc2c1NCc1cccnc1. The van der Waals surface area contributed by atoms with E-state index in [1.165, 1.54) is 0 Å². The molecule has 1 aromatic carbocycles. The second kappa shape index (κ2) is 8.21. The molecule has 3 aromatic heterocycles. The van der Waals surface area contributed by atoms with E-state index in [2.05, 4.69) is 37.3 Å². The zero-order chi connectivity index (χ0) is 20.4. The fourth-order valence-electron chi connectivity index (χ4n) is 3.38. The van der Waals surface area contributed by atoms with E-state index >= 15 is 0 Å². The van der Waals surface area contributed by atoms with Crippen molar-refractivity contribution in [1.82, 2.24) is 14.4 Å². The molecule has 29 heavy (non-hydrogen) atoms. The number of hydrogen-bond acceptors (Lipinski definition) is 5. The lowest BCUT2D eigenvalue weighted by molar-refractivity contribution is 0.935. The van der Waals surface area contributed by atoms with Crippen molar-refractivity contribution in [2.75, 3.05) is 5.32 Å². The number of imidazole rings is 1. The van der Waals surface area contributed by atoms with Gasteiger partial charge in [0.1, 0.15) is 10.7 Å². The Morgan fingerprint density at radius 3 is 2.72 bits per heavy atom. The molecular formula is C21H16BrClN6. The number of benzene rings is 1. The molecule has 0 saturated carbocycles. The van der Waals surface area contributed by atoms with Crippen molar-refractivity contribution in [1.29, 1.82) is 5.26 Å². The highest BCUT2D eigenvalue weighted by Gasteiger charge is 2.23. The molecule has 0 saturated heterocycles. The number of nitrogens with zero attached hydrogens (tertiary/aromatic N) is 4. The second-order valence-electron chi connectivity index (χ2n) is 6.32. The standard InChI is InChI=1S/C21H16BrClN6/c22-18-12-28-21-20(27-11-13-4-3-7-26-10-13)15(8-24)19(17(9-25)29(18)21)14-5-1-2-6-16(14)23/h1-7,10,12,27H,9,11,25H2. The number of fused-ring (bicyclic) bond motifs is 1. The lowest BCUT2D eigenvalue weighted by atomic mass is 9.96. The van der Waals surface area contributed by atoms with Crippen LogP contribution in [-0.4, -0.2) is 14.4 Å². The van der Waals surface area contributed by atoms with Crippen LogP contribution in [0.25, 0.3) is 16.8 Å². The van der Waals surface area contributed by atoms with Crippen LogP contribution in [-0.2, 0) is 13.1 Å². The number of pyridine rings is 2. The summed E-state index contributed by atoms with van der Waals surface area (Å²) in [5.41, 5.74) is 11.0. The minimum atomic E-state index is 0.212. The molecule has 8 heteroatoms. The molecule has 0 spiro atoms. The molecule has 0 aliphatic rings. The summed E-state index contributed by atoms with van der Waals surface area (Å²) < 4.78 is 2.65. The van der Waals surface area contributed by atoms with Gasteiger partial charge in [-0.05, 0) is 33.6 Å². The van der Waals surface area contributed by atoms with Crippen LogP contribution in [0.5, 0.6) is 0 Å². The van der Waals surface area contributed by atoms with Crippen molar-refractivity contribution in [2.24, 2.45) is 5.73 Å². The van der Waals surface area contributed by atoms with E-state index in [0.29, 0.717) is 34.0 Å². The summed E-state index contributed by atoms with van der Waals surface area (Å²) in [6.45, 7) is 0.705. The molecule has 0 aliphatic carbocycles. The summed E-state index contributed by atoms with van der Waals surface area (Å²) in [7, 11) is 0. The van der Waals surface area contributed by atoms with Gasteiger partial charge in [-0.1, -0.05) is 35.9 Å². The van der Waals surface area contributed by atoms with Crippen LogP contribution in [0.4, 0.5) is 5.69 Å². The smallest absolute Gasteiger partial charge is 0.162 e. The quantitative estimate of drug-likeness (QED) is 0.442. The van der Waals surface area contributed by atoms with Gasteiger partial charge in [-0.15, -0.1) is 0 Å². The fourth-order valence-corrected chi connectivity index (χ4v) is 4.09. The van der Waals surface area contributed by atoms with E-state index in [9.17, 15) is 5.26 Å². The molecule has 144 valence electrons. The van der Waals surface area contributed by atoms with Crippen LogP contribution in [0.15, 0.2) is 59.6 Å². The molecule has 3 N–H and O–H groups in total. The van der Waals surface area contributed by atoms with Gasteiger partial charge < -0.3 is 11.1 Å². The Balaban J connectivity index is 2.00. The Bertz CT molecular complexity index is 1230. The number of nitriles is 1. The average molecular weight is 468 g/mol. The molecule has 0 unspecified atom stereocenters. The van der Waals surface area contributed by atoms with Gasteiger partial charge in [-0.25, -0.2) is 4.98 Å². The average Bonchev–Trinajstić information content (AvgIpc) is 3.13. The van der Waals surface area contributed by atoms with E-state index < -0.39 is 0 Å². The molecule has 0 atom stereocenters. The van der Waals surface area contributed by atoms with Crippen LogP contribution in [0, 0.1) is 11.3 Å². The van der Waals surface area contributed by atoms with Gasteiger partial charge in [0.05, 0.1) is 17.4 Å². The van der Waals surface area contributed by atoms with Crippen LogP contribution >= 0.6 is 27.5 Å². The predicted octanol–water partition coefficient (Wildman–Crippen LogP) is 4.75. The first-order valence-electron chi connectivity index (χ1n) is 8.85. The molecule has 3 heterocycles. The van der Waals surface area contributed by atoms with E-state index in [0.717, 1.165) is 21.4 Å². The Labute approximate surface area is 181 Å². The number of anilines is 1. The maximum absolute atomic E-state index is 10.1. The lowest BCUT2D eigenvalue weighted by Gasteiger charge is -2.19. The van der Waals surface area contributed by atoms with Crippen molar-refractivity contribution >= 4 is 38.9 Å². The van der Waals surface area contributed by atoms with E-state index in [-0.39, 0.29) is 6.54 Å². The summed E-state index contributed by atoms with van der Waals surface area (Å²) in [6, 6.07) is 13.6. The first kappa shape index (κ1) is 19.4. The Kier molecular flexibility index (Phi) is 5.49. The second-order valence-corrected chi connectivity index (χ2v) is 7.54. The third kappa shape index (κ3) is 3.47. The van der Waals surface area contributed by atoms with Gasteiger partial charge in [0.2, 0.25) is 0 Å². The third-order valence-corrected chi connectivity index (χ3v) is 5.53. The molecule has 0 amide bonds. The van der Waals surface area contributed by atoms with Gasteiger partial charge in [0.25, 0.3) is 0 Å².